The van der Waals surface area contributed by atoms with Crippen LogP contribution >= 0.6 is 0 Å². The summed E-state index contributed by atoms with van der Waals surface area (Å²) >= 11 is 0. The Morgan fingerprint density at radius 3 is 2.57 bits per heavy atom. The van der Waals surface area contributed by atoms with Crippen molar-refractivity contribution in [1.29, 1.82) is 0 Å². The van der Waals surface area contributed by atoms with Gasteiger partial charge in [-0.3, -0.25) is 4.79 Å². The highest BCUT2D eigenvalue weighted by Gasteiger charge is 2.49. The van der Waals surface area contributed by atoms with E-state index in [1.165, 1.54) is 19.4 Å². The van der Waals surface area contributed by atoms with Gasteiger partial charge >= 0.3 is 6.61 Å². The van der Waals surface area contributed by atoms with Crippen LogP contribution in [0.2, 0.25) is 0 Å². The third-order valence-electron chi connectivity index (χ3n) is 4.74. The molecule has 6 nitrogen and oxygen atoms in total. The molecular weight excluding hydrogens is 370 g/mol. The molecule has 150 valence electrons. The van der Waals surface area contributed by atoms with Gasteiger partial charge in [-0.05, 0) is 17.0 Å². The fourth-order valence-electron chi connectivity index (χ4n) is 3.20. The van der Waals surface area contributed by atoms with E-state index < -0.39 is 12.0 Å². The number of nitrogens with zero attached hydrogens (tertiary/aromatic N) is 1. The summed E-state index contributed by atoms with van der Waals surface area (Å²) in [5.41, 5.74) is 0.983. The molecule has 8 heteroatoms. The van der Waals surface area contributed by atoms with Crippen LogP contribution in [-0.4, -0.2) is 37.8 Å². The van der Waals surface area contributed by atoms with Crippen LogP contribution in [0.25, 0.3) is 0 Å². The molecule has 1 amide bonds. The second-order valence-corrected chi connectivity index (χ2v) is 6.87. The summed E-state index contributed by atoms with van der Waals surface area (Å²) < 4.78 is 40.4. The Hall–Kier alpha value is -2.74. The lowest BCUT2D eigenvalue weighted by molar-refractivity contribution is -0.139. The number of pyridine rings is 1. The minimum atomic E-state index is -3.06. The minimum Gasteiger partial charge on any atom is -0.495 e. The van der Waals surface area contributed by atoms with Crippen LogP contribution in [-0.2, 0) is 14.9 Å². The van der Waals surface area contributed by atoms with Crippen LogP contribution < -0.4 is 14.8 Å². The number of benzene rings is 1. The predicted octanol–water partition coefficient (Wildman–Crippen LogP) is 3.72. The highest BCUT2D eigenvalue weighted by Crippen LogP contribution is 2.39. The van der Waals surface area contributed by atoms with Gasteiger partial charge in [0.25, 0.3) is 0 Å². The molecule has 1 aliphatic heterocycles. The number of rotatable bonds is 7. The molecule has 1 saturated heterocycles. The third-order valence-corrected chi connectivity index (χ3v) is 4.74. The maximum atomic E-state index is 13.2. The molecule has 1 fully saturated rings. The number of carbonyl (C=O) groups excluding carboxylic acids is 1. The van der Waals surface area contributed by atoms with E-state index in [9.17, 15) is 13.6 Å². The number of carbonyl (C=O) groups is 1. The van der Waals surface area contributed by atoms with Crippen molar-refractivity contribution < 1.29 is 27.8 Å². The van der Waals surface area contributed by atoms with E-state index in [4.69, 9.17) is 9.47 Å². The fraction of sp³-hybridized carbons (Fsp3) is 0.400. The average Bonchev–Trinajstić information content (AvgIpc) is 2.62. The molecule has 1 aromatic carbocycles. The molecule has 0 spiro atoms. The summed E-state index contributed by atoms with van der Waals surface area (Å²) in [4.78, 5) is 17.2. The zero-order valence-electron chi connectivity index (χ0n) is 15.9. The van der Waals surface area contributed by atoms with Crippen LogP contribution in [0.3, 0.4) is 0 Å². The van der Waals surface area contributed by atoms with Crippen molar-refractivity contribution in [2.45, 2.75) is 31.8 Å². The first-order valence-electron chi connectivity index (χ1n) is 8.85. The number of ether oxygens (including phenoxy) is 3. The maximum absolute atomic E-state index is 13.2. The highest BCUT2D eigenvalue weighted by atomic mass is 19.3. The normalized spacial score (nSPS) is 15.2. The van der Waals surface area contributed by atoms with Crippen molar-refractivity contribution >= 4 is 11.7 Å². The average molecular weight is 392 g/mol. The van der Waals surface area contributed by atoms with Gasteiger partial charge in [-0.25, -0.2) is 4.98 Å². The van der Waals surface area contributed by atoms with Crippen LogP contribution in [0.5, 0.6) is 11.5 Å². The summed E-state index contributed by atoms with van der Waals surface area (Å²) in [6.45, 7) is 1.42. The Morgan fingerprint density at radius 1 is 1.29 bits per heavy atom. The molecule has 1 N–H and O–H groups in total. The van der Waals surface area contributed by atoms with E-state index >= 15 is 0 Å². The molecule has 0 atom stereocenters. The van der Waals surface area contributed by atoms with Crippen molar-refractivity contribution in [3.63, 3.8) is 0 Å². The minimum absolute atomic E-state index is 0.0978. The van der Waals surface area contributed by atoms with E-state index in [1.807, 2.05) is 38.1 Å². The molecule has 1 aliphatic rings. The van der Waals surface area contributed by atoms with Gasteiger partial charge < -0.3 is 19.5 Å². The van der Waals surface area contributed by atoms with Crippen molar-refractivity contribution in [3.05, 3.63) is 47.7 Å². The van der Waals surface area contributed by atoms with Crippen LogP contribution in [0.15, 0.2) is 36.5 Å². The van der Waals surface area contributed by atoms with Gasteiger partial charge in [0.05, 0.1) is 26.5 Å². The summed E-state index contributed by atoms with van der Waals surface area (Å²) in [6.07, 6.45) is 1.32. The van der Waals surface area contributed by atoms with E-state index in [0.717, 1.165) is 11.1 Å². The van der Waals surface area contributed by atoms with Gasteiger partial charge in [-0.15, -0.1) is 0 Å². The topological polar surface area (TPSA) is 69.7 Å². The van der Waals surface area contributed by atoms with E-state index in [0.29, 0.717) is 0 Å². The summed E-state index contributed by atoms with van der Waals surface area (Å²) in [5, 5.41) is 2.63. The van der Waals surface area contributed by atoms with E-state index in [-0.39, 0.29) is 42.4 Å². The lowest BCUT2D eigenvalue weighted by Gasteiger charge is -2.41. The number of halogens is 2. The molecule has 0 unspecified atom stereocenters. The Kier molecular flexibility index (Phi) is 5.79. The van der Waals surface area contributed by atoms with Gasteiger partial charge in [0.1, 0.15) is 11.2 Å². The zero-order chi connectivity index (χ0) is 20.3. The summed E-state index contributed by atoms with van der Waals surface area (Å²) in [7, 11) is 1.38. The number of anilines is 1. The molecule has 3 rings (SSSR count). The van der Waals surface area contributed by atoms with Crippen LogP contribution in [0.4, 0.5) is 14.6 Å². The largest absolute Gasteiger partial charge is 0.495 e. The van der Waals surface area contributed by atoms with Crippen molar-refractivity contribution in [2.75, 3.05) is 25.6 Å². The van der Waals surface area contributed by atoms with E-state index in [1.54, 1.807) is 0 Å². The first-order valence-corrected chi connectivity index (χ1v) is 8.85. The molecule has 0 saturated carbocycles. The molecule has 2 aromatic rings. The highest BCUT2D eigenvalue weighted by molar-refractivity contribution is 6.00. The Bertz CT molecular complexity index is 854. The molecule has 28 heavy (non-hydrogen) atoms. The monoisotopic (exact) mass is 392 g/mol. The number of nitrogens with one attached hydrogen (secondary N) is 1. The van der Waals surface area contributed by atoms with Gasteiger partial charge in [0.15, 0.2) is 11.6 Å². The Morgan fingerprint density at radius 2 is 2.00 bits per heavy atom. The number of aromatic nitrogens is 1. The summed E-state index contributed by atoms with van der Waals surface area (Å²) in [5.74, 6) is -0.308. The third kappa shape index (κ3) is 3.77. The van der Waals surface area contributed by atoms with Crippen molar-refractivity contribution in [1.82, 2.24) is 4.98 Å². The Labute approximate surface area is 161 Å². The number of hydrogen-bond donors (Lipinski definition) is 1. The lowest BCUT2D eigenvalue weighted by atomic mass is 9.74. The SMILES string of the molecule is COc1cnc(NC(=O)C2(c3ccccc3C(C)C)COC2)c(OC(F)F)c1. The molecular formula is C20H22F2N2O4. The Balaban J connectivity index is 1.94. The van der Waals surface area contributed by atoms with Crippen molar-refractivity contribution in [3.8, 4) is 11.5 Å². The number of methoxy groups -OCH3 is 1. The molecule has 1 aromatic heterocycles. The number of hydrogen-bond acceptors (Lipinski definition) is 5. The quantitative estimate of drug-likeness (QED) is 0.778. The summed E-state index contributed by atoms with van der Waals surface area (Å²) in [6, 6.07) is 8.91. The van der Waals surface area contributed by atoms with Gasteiger partial charge in [-0.1, -0.05) is 38.1 Å². The zero-order valence-corrected chi connectivity index (χ0v) is 15.9. The second-order valence-electron chi connectivity index (χ2n) is 6.87. The smallest absolute Gasteiger partial charge is 0.387 e. The first kappa shape index (κ1) is 20.0. The van der Waals surface area contributed by atoms with Gasteiger partial charge in [0.2, 0.25) is 5.91 Å². The predicted molar refractivity (Wildman–Crippen MR) is 99.1 cm³/mol. The van der Waals surface area contributed by atoms with Crippen LogP contribution in [0.1, 0.15) is 30.9 Å². The first-order chi connectivity index (χ1) is 13.4. The molecule has 0 bridgehead atoms. The second kappa shape index (κ2) is 8.10. The number of alkyl halides is 2. The lowest BCUT2D eigenvalue weighted by Crippen LogP contribution is -2.56. The van der Waals surface area contributed by atoms with Crippen LogP contribution in [0, 0.1) is 0 Å². The van der Waals surface area contributed by atoms with E-state index in [2.05, 4.69) is 15.0 Å². The van der Waals surface area contributed by atoms with Crippen molar-refractivity contribution in [2.24, 2.45) is 0 Å². The molecule has 2 heterocycles. The van der Waals surface area contributed by atoms with Gasteiger partial charge in [0, 0.05) is 6.07 Å². The van der Waals surface area contributed by atoms with Gasteiger partial charge in [-0.2, -0.15) is 8.78 Å². The standard InChI is InChI=1S/C20H22F2N2O4/c1-12(2)14-6-4-5-7-15(14)20(10-27-11-20)18(25)24-17-16(28-19(21)22)8-13(26-3)9-23-17/h4-9,12,19H,10-11H2,1-3H3,(H,23,24,25). The molecule has 0 radical (unpaired) electrons. The maximum Gasteiger partial charge on any atom is 0.387 e. The molecule has 0 aliphatic carbocycles. The fourth-order valence-corrected chi connectivity index (χ4v) is 3.20. The number of amides is 1.